The molecule has 0 aliphatic rings. The summed E-state index contributed by atoms with van der Waals surface area (Å²) in [7, 11) is 0. The van der Waals surface area contributed by atoms with Crippen molar-refractivity contribution in [3.05, 3.63) is 12.1 Å². The topological polar surface area (TPSA) is 80.4 Å². The predicted molar refractivity (Wildman–Crippen MR) is 78.4 cm³/mol. The van der Waals surface area contributed by atoms with Crippen LogP contribution in [0, 0.1) is 5.92 Å². The highest BCUT2D eigenvalue weighted by Crippen LogP contribution is 2.22. The average Bonchev–Trinajstić information content (AvgIpc) is 2.31. The number of anilines is 2. The molecule has 1 aromatic rings. The number of ether oxygens (including phenoxy) is 1. The summed E-state index contributed by atoms with van der Waals surface area (Å²) in [6.07, 6.45) is 0.900. The third kappa shape index (κ3) is 5.34. The maximum absolute atomic E-state index is 9.36. The molecule has 0 saturated carbocycles. The zero-order valence-corrected chi connectivity index (χ0v) is 12.2. The van der Waals surface area contributed by atoms with E-state index in [0.29, 0.717) is 23.3 Å². The predicted octanol–water partition coefficient (Wildman–Crippen LogP) is 2.27. The standard InChI is InChI=1S/C14H25N3O2/c1-9(2)7-11(8-18)16-13-6-5-12(15)14(17-13)19-10(3)4/h5-6,9-11,18H,7-8,15H2,1-4H3,(H,16,17). The summed E-state index contributed by atoms with van der Waals surface area (Å²) in [6, 6.07) is 3.55. The van der Waals surface area contributed by atoms with Crippen LogP contribution in [0.2, 0.25) is 0 Å². The SMILES string of the molecule is CC(C)CC(CO)Nc1ccc(N)c(OC(C)C)n1. The third-order valence-electron chi connectivity index (χ3n) is 2.57. The molecule has 0 fully saturated rings. The van der Waals surface area contributed by atoms with Crippen molar-refractivity contribution in [2.75, 3.05) is 17.7 Å². The number of pyridine rings is 1. The van der Waals surface area contributed by atoms with Crippen LogP contribution in [-0.4, -0.2) is 28.8 Å². The number of aliphatic hydroxyl groups excluding tert-OH is 1. The van der Waals surface area contributed by atoms with E-state index in [1.165, 1.54) is 0 Å². The Morgan fingerprint density at radius 2 is 2.00 bits per heavy atom. The first-order chi connectivity index (χ1) is 8.92. The normalized spacial score (nSPS) is 12.8. The van der Waals surface area contributed by atoms with Crippen LogP contribution in [0.15, 0.2) is 12.1 Å². The van der Waals surface area contributed by atoms with Crippen molar-refractivity contribution in [3.63, 3.8) is 0 Å². The van der Waals surface area contributed by atoms with Gasteiger partial charge in [0.1, 0.15) is 5.82 Å². The maximum atomic E-state index is 9.36. The van der Waals surface area contributed by atoms with Gasteiger partial charge in [0.25, 0.3) is 0 Å². The van der Waals surface area contributed by atoms with E-state index in [2.05, 4.69) is 24.1 Å². The van der Waals surface area contributed by atoms with Crippen LogP contribution in [-0.2, 0) is 0 Å². The van der Waals surface area contributed by atoms with Crippen LogP contribution in [0.5, 0.6) is 5.88 Å². The third-order valence-corrected chi connectivity index (χ3v) is 2.57. The fourth-order valence-electron chi connectivity index (χ4n) is 1.81. The molecule has 5 nitrogen and oxygen atoms in total. The second kappa shape index (κ2) is 7.19. The number of nitrogens with zero attached hydrogens (tertiary/aromatic N) is 1. The highest BCUT2D eigenvalue weighted by atomic mass is 16.5. The zero-order valence-electron chi connectivity index (χ0n) is 12.2. The summed E-state index contributed by atoms with van der Waals surface area (Å²) in [5, 5.41) is 12.6. The van der Waals surface area contributed by atoms with Gasteiger partial charge in [0.05, 0.1) is 24.4 Å². The monoisotopic (exact) mass is 267 g/mol. The van der Waals surface area contributed by atoms with Crippen molar-refractivity contribution in [1.82, 2.24) is 4.98 Å². The molecule has 0 spiro atoms. The average molecular weight is 267 g/mol. The van der Waals surface area contributed by atoms with Crippen LogP contribution in [0.3, 0.4) is 0 Å². The van der Waals surface area contributed by atoms with Gasteiger partial charge in [-0.2, -0.15) is 4.98 Å². The minimum Gasteiger partial charge on any atom is -0.473 e. The molecule has 1 rings (SSSR count). The molecular formula is C14H25N3O2. The van der Waals surface area contributed by atoms with Crippen LogP contribution in [0.25, 0.3) is 0 Å². The molecule has 0 aliphatic carbocycles. The number of aromatic nitrogens is 1. The first-order valence-electron chi connectivity index (χ1n) is 6.73. The number of nitrogens with two attached hydrogens (primary N) is 1. The summed E-state index contributed by atoms with van der Waals surface area (Å²) in [4.78, 5) is 4.34. The lowest BCUT2D eigenvalue weighted by Gasteiger charge is -2.20. The number of hydrogen-bond donors (Lipinski definition) is 3. The van der Waals surface area contributed by atoms with Gasteiger partial charge in [0, 0.05) is 0 Å². The molecule has 0 amide bonds. The van der Waals surface area contributed by atoms with E-state index < -0.39 is 0 Å². The zero-order chi connectivity index (χ0) is 14.4. The molecule has 1 heterocycles. The van der Waals surface area contributed by atoms with Gasteiger partial charge in [0.15, 0.2) is 0 Å². The second-order valence-corrected chi connectivity index (χ2v) is 5.41. The van der Waals surface area contributed by atoms with Crippen molar-refractivity contribution in [2.24, 2.45) is 5.92 Å². The molecule has 5 heteroatoms. The molecule has 0 aliphatic heterocycles. The number of hydrogen-bond acceptors (Lipinski definition) is 5. The van der Waals surface area contributed by atoms with Crippen LogP contribution >= 0.6 is 0 Å². The van der Waals surface area contributed by atoms with Gasteiger partial charge in [-0.3, -0.25) is 0 Å². The Labute approximate surface area is 115 Å². The molecule has 108 valence electrons. The van der Waals surface area contributed by atoms with Gasteiger partial charge in [-0.25, -0.2) is 0 Å². The van der Waals surface area contributed by atoms with Crippen molar-refractivity contribution >= 4 is 11.5 Å². The number of rotatable bonds is 7. The van der Waals surface area contributed by atoms with Crippen molar-refractivity contribution in [2.45, 2.75) is 46.3 Å². The summed E-state index contributed by atoms with van der Waals surface area (Å²) < 4.78 is 5.54. The molecular weight excluding hydrogens is 242 g/mol. The minimum atomic E-state index is -0.0111. The molecule has 4 N–H and O–H groups in total. The van der Waals surface area contributed by atoms with E-state index in [1.54, 1.807) is 12.1 Å². The Bertz CT molecular complexity index is 394. The summed E-state index contributed by atoms with van der Waals surface area (Å²) in [5.74, 6) is 1.61. The largest absolute Gasteiger partial charge is 0.473 e. The van der Waals surface area contributed by atoms with E-state index in [9.17, 15) is 5.11 Å². The number of nitrogen functional groups attached to an aromatic ring is 1. The first kappa shape index (κ1) is 15.6. The summed E-state index contributed by atoms with van der Waals surface area (Å²) in [6.45, 7) is 8.17. The Balaban J connectivity index is 2.77. The van der Waals surface area contributed by atoms with Crippen molar-refractivity contribution in [1.29, 1.82) is 0 Å². The molecule has 0 aromatic carbocycles. The van der Waals surface area contributed by atoms with Crippen LogP contribution in [0.4, 0.5) is 11.5 Å². The fourth-order valence-corrected chi connectivity index (χ4v) is 1.81. The van der Waals surface area contributed by atoms with E-state index in [0.717, 1.165) is 6.42 Å². The van der Waals surface area contributed by atoms with Gasteiger partial charge in [-0.15, -0.1) is 0 Å². The van der Waals surface area contributed by atoms with Crippen LogP contribution in [0.1, 0.15) is 34.1 Å². The molecule has 1 aromatic heterocycles. The molecule has 1 unspecified atom stereocenters. The lowest BCUT2D eigenvalue weighted by atomic mass is 10.0. The number of aliphatic hydroxyl groups is 1. The maximum Gasteiger partial charge on any atom is 0.239 e. The quantitative estimate of drug-likeness (QED) is 0.706. The Morgan fingerprint density at radius 3 is 2.53 bits per heavy atom. The highest BCUT2D eigenvalue weighted by Gasteiger charge is 2.12. The molecule has 0 radical (unpaired) electrons. The number of nitrogens with one attached hydrogen (secondary N) is 1. The highest BCUT2D eigenvalue weighted by molar-refractivity contribution is 5.53. The smallest absolute Gasteiger partial charge is 0.239 e. The Kier molecular flexibility index (Phi) is 5.89. The first-order valence-corrected chi connectivity index (χ1v) is 6.73. The van der Waals surface area contributed by atoms with Gasteiger partial charge < -0.3 is 20.9 Å². The van der Waals surface area contributed by atoms with Crippen molar-refractivity contribution < 1.29 is 9.84 Å². The summed E-state index contributed by atoms with van der Waals surface area (Å²) in [5.41, 5.74) is 6.33. The van der Waals surface area contributed by atoms with E-state index >= 15 is 0 Å². The van der Waals surface area contributed by atoms with Crippen LogP contribution < -0.4 is 15.8 Å². The summed E-state index contributed by atoms with van der Waals surface area (Å²) >= 11 is 0. The molecule has 0 bridgehead atoms. The van der Waals surface area contributed by atoms with Gasteiger partial charge >= 0.3 is 0 Å². The van der Waals surface area contributed by atoms with Gasteiger partial charge in [-0.05, 0) is 38.3 Å². The lowest BCUT2D eigenvalue weighted by Crippen LogP contribution is -2.26. The van der Waals surface area contributed by atoms with Gasteiger partial charge in [-0.1, -0.05) is 13.8 Å². The second-order valence-electron chi connectivity index (χ2n) is 5.41. The van der Waals surface area contributed by atoms with E-state index in [-0.39, 0.29) is 18.8 Å². The Hall–Kier alpha value is -1.49. The molecule has 1 atom stereocenters. The van der Waals surface area contributed by atoms with E-state index in [1.807, 2.05) is 13.8 Å². The van der Waals surface area contributed by atoms with Crippen molar-refractivity contribution in [3.8, 4) is 5.88 Å². The molecule has 0 saturated heterocycles. The molecule has 19 heavy (non-hydrogen) atoms. The van der Waals surface area contributed by atoms with E-state index in [4.69, 9.17) is 10.5 Å². The minimum absolute atomic E-state index is 0.0111. The van der Waals surface area contributed by atoms with Gasteiger partial charge in [0.2, 0.25) is 5.88 Å². The Morgan fingerprint density at radius 1 is 1.32 bits per heavy atom. The fraction of sp³-hybridized carbons (Fsp3) is 0.643. The lowest BCUT2D eigenvalue weighted by molar-refractivity contribution is 0.234.